The van der Waals surface area contributed by atoms with Crippen molar-refractivity contribution in [3.63, 3.8) is 0 Å². The molecule has 0 aliphatic heterocycles. The maximum Gasteiger partial charge on any atom is 0.264 e. The highest BCUT2D eigenvalue weighted by Crippen LogP contribution is 2.32. The maximum atomic E-state index is 12.3. The highest BCUT2D eigenvalue weighted by molar-refractivity contribution is 7.93. The molecule has 0 amide bonds. The Hall–Kier alpha value is -1.94. The fourth-order valence-electron chi connectivity index (χ4n) is 1.65. The molecule has 0 aliphatic carbocycles. The molecule has 0 aromatic heterocycles. The summed E-state index contributed by atoms with van der Waals surface area (Å²) in [6, 6.07) is 10.4. The molecule has 108 valence electrons. The Kier molecular flexibility index (Phi) is 4.28. The van der Waals surface area contributed by atoms with Gasteiger partial charge in [-0.05, 0) is 30.3 Å². The molecule has 0 bridgehead atoms. The summed E-state index contributed by atoms with van der Waals surface area (Å²) in [5.74, 6) is 0. The summed E-state index contributed by atoms with van der Waals surface area (Å²) < 4.78 is 27.0. The minimum absolute atomic E-state index is 0.0373. The lowest BCUT2D eigenvalue weighted by Crippen LogP contribution is -2.15. The molecule has 0 unspecified atom stereocenters. The second kappa shape index (κ2) is 5.82. The van der Waals surface area contributed by atoms with E-state index in [0.29, 0.717) is 0 Å². The monoisotopic (exact) mass is 341 g/mol. The Labute approximate surface area is 132 Å². The van der Waals surface area contributed by atoms with E-state index in [-0.39, 0.29) is 31.9 Å². The van der Waals surface area contributed by atoms with E-state index in [4.69, 9.17) is 34.2 Å². The summed E-state index contributed by atoms with van der Waals surface area (Å²) >= 11 is 11.8. The first-order chi connectivity index (χ1) is 9.85. The third-order valence-electron chi connectivity index (χ3n) is 2.63. The third kappa shape index (κ3) is 3.22. The number of benzene rings is 2. The van der Waals surface area contributed by atoms with Gasteiger partial charge in [-0.1, -0.05) is 29.3 Å². The molecule has 2 aromatic rings. The molecule has 8 heteroatoms. The standard InChI is InChI=1S/C13H9Cl2N3O2S/c14-9-2-1-3-10(15)13(9)18-21(19,20)12-5-4-8(7-16)6-11(12)17/h1-6,18H,17H2. The van der Waals surface area contributed by atoms with Gasteiger partial charge in [0.2, 0.25) is 0 Å². The Bertz CT molecular complexity index is 825. The van der Waals surface area contributed by atoms with Crippen molar-refractivity contribution in [3.05, 3.63) is 52.0 Å². The molecular weight excluding hydrogens is 333 g/mol. The number of rotatable bonds is 3. The fourth-order valence-corrected chi connectivity index (χ4v) is 3.47. The smallest absolute Gasteiger partial charge is 0.264 e. The van der Waals surface area contributed by atoms with E-state index in [1.165, 1.54) is 30.3 Å². The van der Waals surface area contributed by atoms with Crippen LogP contribution in [0.3, 0.4) is 0 Å². The number of hydrogen-bond donors (Lipinski definition) is 2. The van der Waals surface area contributed by atoms with Gasteiger partial charge in [-0.2, -0.15) is 5.26 Å². The molecule has 5 nitrogen and oxygen atoms in total. The van der Waals surface area contributed by atoms with Gasteiger partial charge in [0, 0.05) is 0 Å². The highest BCUT2D eigenvalue weighted by Gasteiger charge is 2.20. The number of hydrogen-bond acceptors (Lipinski definition) is 4. The van der Waals surface area contributed by atoms with Gasteiger partial charge in [0.15, 0.2) is 0 Å². The molecule has 0 radical (unpaired) electrons. The summed E-state index contributed by atoms with van der Waals surface area (Å²) in [4.78, 5) is -0.155. The lowest BCUT2D eigenvalue weighted by atomic mass is 10.2. The second-order valence-electron chi connectivity index (χ2n) is 4.07. The Balaban J connectivity index is 2.47. The van der Waals surface area contributed by atoms with E-state index < -0.39 is 10.0 Å². The first-order valence-electron chi connectivity index (χ1n) is 5.61. The largest absolute Gasteiger partial charge is 0.398 e. The van der Waals surface area contributed by atoms with Crippen LogP contribution >= 0.6 is 23.2 Å². The van der Waals surface area contributed by atoms with Crippen LogP contribution in [0.1, 0.15) is 5.56 Å². The average Bonchev–Trinajstić information content (AvgIpc) is 2.42. The normalized spacial score (nSPS) is 10.9. The number of nitrogens with two attached hydrogens (primary N) is 1. The minimum atomic E-state index is -3.97. The van der Waals surface area contributed by atoms with Crippen LogP contribution in [0.4, 0.5) is 11.4 Å². The number of anilines is 2. The van der Waals surface area contributed by atoms with Gasteiger partial charge in [0.05, 0.1) is 33.1 Å². The summed E-state index contributed by atoms with van der Waals surface area (Å²) in [6.07, 6.45) is 0. The predicted molar refractivity (Wildman–Crippen MR) is 82.8 cm³/mol. The lowest BCUT2D eigenvalue weighted by molar-refractivity contribution is 0.601. The van der Waals surface area contributed by atoms with E-state index in [0.717, 1.165) is 0 Å². The summed E-state index contributed by atoms with van der Waals surface area (Å²) in [7, 11) is -3.97. The fraction of sp³-hybridized carbons (Fsp3) is 0. The number of sulfonamides is 1. The molecule has 3 N–H and O–H groups in total. The third-order valence-corrected chi connectivity index (χ3v) is 4.68. The van der Waals surface area contributed by atoms with Crippen LogP contribution in [0, 0.1) is 11.3 Å². The number of para-hydroxylation sites is 1. The van der Waals surface area contributed by atoms with Crippen LogP contribution in [0.5, 0.6) is 0 Å². The molecule has 2 aromatic carbocycles. The van der Waals surface area contributed by atoms with Gasteiger partial charge in [-0.15, -0.1) is 0 Å². The summed E-state index contributed by atoms with van der Waals surface area (Å²) in [5.41, 5.74) is 5.98. The van der Waals surface area contributed by atoms with E-state index in [9.17, 15) is 8.42 Å². The number of nitriles is 1. The van der Waals surface area contributed by atoms with E-state index in [1.807, 2.05) is 6.07 Å². The highest BCUT2D eigenvalue weighted by atomic mass is 35.5. The molecule has 0 heterocycles. The lowest BCUT2D eigenvalue weighted by Gasteiger charge is -2.12. The molecule has 0 atom stereocenters. The van der Waals surface area contributed by atoms with Gasteiger partial charge < -0.3 is 5.73 Å². The number of nitrogens with zero attached hydrogens (tertiary/aromatic N) is 1. The van der Waals surface area contributed by atoms with Crippen LogP contribution < -0.4 is 10.5 Å². The van der Waals surface area contributed by atoms with Crippen LogP contribution in [0.2, 0.25) is 10.0 Å². The van der Waals surface area contributed by atoms with E-state index in [1.54, 1.807) is 6.07 Å². The molecule has 0 fully saturated rings. The SMILES string of the molecule is N#Cc1ccc(S(=O)(=O)Nc2c(Cl)cccc2Cl)c(N)c1. The first kappa shape index (κ1) is 15.4. The molecule has 0 aliphatic rings. The summed E-state index contributed by atoms with van der Waals surface area (Å²) in [6.45, 7) is 0. The van der Waals surface area contributed by atoms with Crippen LogP contribution in [0.15, 0.2) is 41.3 Å². The zero-order valence-electron chi connectivity index (χ0n) is 10.5. The topological polar surface area (TPSA) is 96.0 Å². The van der Waals surface area contributed by atoms with E-state index >= 15 is 0 Å². The van der Waals surface area contributed by atoms with E-state index in [2.05, 4.69) is 4.72 Å². The predicted octanol–water partition coefficient (Wildman–Crippen LogP) is 3.25. The van der Waals surface area contributed by atoms with Crippen LogP contribution in [-0.4, -0.2) is 8.42 Å². The molecule has 0 spiro atoms. The zero-order chi connectivity index (χ0) is 15.6. The zero-order valence-corrected chi connectivity index (χ0v) is 12.8. The van der Waals surface area contributed by atoms with Gasteiger partial charge >= 0.3 is 0 Å². The first-order valence-corrected chi connectivity index (χ1v) is 7.85. The van der Waals surface area contributed by atoms with Gasteiger partial charge in [-0.25, -0.2) is 8.42 Å². The van der Waals surface area contributed by atoms with Gasteiger partial charge in [-0.3, -0.25) is 4.72 Å². The Morgan fingerprint density at radius 2 is 1.76 bits per heavy atom. The van der Waals surface area contributed by atoms with Crippen LogP contribution in [0.25, 0.3) is 0 Å². The van der Waals surface area contributed by atoms with Crippen molar-refractivity contribution < 1.29 is 8.42 Å². The minimum Gasteiger partial charge on any atom is -0.398 e. The van der Waals surface area contributed by atoms with Crippen LogP contribution in [-0.2, 0) is 10.0 Å². The van der Waals surface area contributed by atoms with Crippen molar-refractivity contribution in [2.24, 2.45) is 0 Å². The molecule has 2 rings (SSSR count). The van der Waals surface area contributed by atoms with Crippen molar-refractivity contribution in [1.29, 1.82) is 5.26 Å². The number of nitrogen functional groups attached to an aromatic ring is 1. The van der Waals surface area contributed by atoms with Crippen molar-refractivity contribution in [3.8, 4) is 6.07 Å². The number of halogens is 2. The Morgan fingerprint density at radius 1 is 1.14 bits per heavy atom. The molecular formula is C13H9Cl2N3O2S. The number of nitrogens with one attached hydrogen (secondary N) is 1. The van der Waals surface area contributed by atoms with Crippen molar-refractivity contribution in [2.75, 3.05) is 10.5 Å². The van der Waals surface area contributed by atoms with Gasteiger partial charge in [0.1, 0.15) is 4.90 Å². The molecule has 0 saturated carbocycles. The van der Waals surface area contributed by atoms with Crippen molar-refractivity contribution in [2.45, 2.75) is 4.90 Å². The average molecular weight is 342 g/mol. The second-order valence-corrected chi connectivity index (χ2v) is 6.53. The van der Waals surface area contributed by atoms with Crippen molar-refractivity contribution >= 4 is 44.6 Å². The molecule has 21 heavy (non-hydrogen) atoms. The molecule has 0 saturated heterocycles. The maximum absolute atomic E-state index is 12.3. The Morgan fingerprint density at radius 3 is 2.29 bits per heavy atom. The summed E-state index contributed by atoms with van der Waals surface area (Å²) in [5, 5.41) is 9.09. The quantitative estimate of drug-likeness (QED) is 0.837. The van der Waals surface area contributed by atoms with Crippen molar-refractivity contribution in [1.82, 2.24) is 0 Å². The van der Waals surface area contributed by atoms with Gasteiger partial charge in [0.25, 0.3) is 10.0 Å².